The lowest BCUT2D eigenvalue weighted by atomic mass is 10.0. The Hall–Kier alpha value is -2.11. The van der Waals surface area contributed by atoms with Gasteiger partial charge < -0.3 is 14.8 Å². The minimum absolute atomic E-state index is 0.0659. The number of hydrogen-bond acceptors (Lipinski definition) is 5. The maximum absolute atomic E-state index is 12.3. The van der Waals surface area contributed by atoms with Gasteiger partial charge in [-0.15, -0.1) is 0 Å². The van der Waals surface area contributed by atoms with Gasteiger partial charge in [0, 0.05) is 17.8 Å². The maximum Gasteiger partial charge on any atom is 0.328 e. The molecule has 1 aliphatic carbocycles. The number of rotatable bonds is 7. The predicted molar refractivity (Wildman–Crippen MR) is 80.6 cm³/mol. The number of ether oxygens (including phenoxy) is 2. The van der Waals surface area contributed by atoms with Crippen molar-refractivity contribution >= 4 is 11.9 Å². The SMILES string of the molecule is COC(=O)[C@@H](NC(=O)c1ccnc(OCC2CC2)c1)C(C)C. The summed E-state index contributed by atoms with van der Waals surface area (Å²) in [5, 5.41) is 2.69. The molecule has 1 atom stereocenters. The number of pyridine rings is 1. The molecule has 0 aromatic carbocycles. The van der Waals surface area contributed by atoms with Crippen LogP contribution in [-0.2, 0) is 9.53 Å². The molecule has 6 heteroatoms. The minimum Gasteiger partial charge on any atom is -0.477 e. The summed E-state index contributed by atoms with van der Waals surface area (Å²) in [6, 6.07) is 2.50. The number of amides is 1. The molecule has 1 fully saturated rings. The highest BCUT2D eigenvalue weighted by Gasteiger charge is 2.26. The topological polar surface area (TPSA) is 77.5 Å². The third-order valence-corrected chi connectivity index (χ3v) is 3.57. The Labute approximate surface area is 130 Å². The summed E-state index contributed by atoms with van der Waals surface area (Å²) in [4.78, 5) is 28.1. The van der Waals surface area contributed by atoms with E-state index in [-0.39, 0.29) is 11.8 Å². The molecule has 1 aromatic rings. The van der Waals surface area contributed by atoms with Gasteiger partial charge >= 0.3 is 5.97 Å². The predicted octanol–water partition coefficient (Wildman–Crippen LogP) is 1.80. The smallest absolute Gasteiger partial charge is 0.328 e. The third-order valence-electron chi connectivity index (χ3n) is 3.57. The number of nitrogens with one attached hydrogen (secondary N) is 1. The van der Waals surface area contributed by atoms with Crippen molar-refractivity contribution in [2.45, 2.75) is 32.7 Å². The summed E-state index contributed by atoms with van der Waals surface area (Å²) in [6.07, 6.45) is 3.91. The number of nitrogens with zero attached hydrogens (tertiary/aromatic N) is 1. The fourth-order valence-corrected chi connectivity index (χ4v) is 1.97. The van der Waals surface area contributed by atoms with E-state index in [0.717, 1.165) is 0 Å². The average molecular weight is 306 g/mol. The Bertz CT molecular complexity index is 541. The van der Waals surface area contributed by atoms with Gasteiger partial charge in [0.2, 0.25) is 5.88 Å². The van der Waals surface area contributed by atoms with Crippen LogP contribution in [0.1, 0.15) is 37.0 Å². The lowest BCUT2D eigenvalue weighted by molar-refractivity contribution is -0.144. The van der Waals surface area contributed by atoms with Gasteiger partial charge in [-0.3, -0.25) is 4.79 Å². The summed E-state index contributed by atoms with van der Waals surface area (Å²) in [5.41, 5.74) is 0.412. The van der Waals surface area contributed by atoms with Gasteiger partial charge in [-0.2, -0.15) is 0 Å². The van der Waals surface area contributed by atoms with Crippen LogP contribution < -0.4 is 10.1 Å². The van der Waals surface area contributed by atoms with Crippen molar-refractivity contribution < 1.29 is 19.1 Å². The van der Waals surface area contributed by atoms with Crippen molar-refractivity contribution in [3.63, 3.8) is 0 Å². The number of carbonyl (C=O) groups excluding carboxylic acids is 2. The monoisotopic (exact) mass is 306 g/mol. The molecule has 0 radical (unpaired) electrons. The molecule has 0 spiro atoms. The van der Waals surface area contributed by atoms with Crippen LogP contribution >= 0.6 is 0 Å². The van der Waals surface area contributed by atoms with E-state index in [0.29, 0.717) is 24.0 Å². The fraction of sp³-hybridized carbons (Fsp3) is 0.562. The molecule has 6 nitrogen and oxygen atoms in total. The Kier molecular flexibility index (Phi) is 5.35. The van der Waals surface area contributed by atoms with Crippen molar-refractivity contribution in [2.24, 2.45) is 11.8 Å². The molecule has 2 rings (SSSR count). The van der Waals surface area contributed by atoms with E-state index in [1.807, 2.05) is 13.8 Å². The van der Waals surface area contributed by atoms with Crippen molar-refractivity contribution in [3.8, 4) is 5.88 Å². The molecule has 1 aliphatic rings. The van der Waals surface area contributed by atoms with E-state index in [1.165, 1.54) is 26.1 Å². The Morgan fingerprint density at radius 3 is 2.73 bits per heavy atom. The molecule has 1 aromatic heterocycles. The first kappa shape index (κ1) is 16.3. The largest absolute Gasteiger partial charge is 0.477 e. The summed E-state index contributed by atoms with van der Waals surface area (Å²) in [5.74, 6) is 0.178. The molecule has 0 bridgehead atoms. The van der Waals surface area contributed by atoms with Crippen LogP contribution in [0.15, 0.2) is 18.3 Å². The van der Waals surface area contributed by atoms with E-state index in [4.69, 9.17) is 9.47 Å². The van der Waals surface area contributed by atoms with Gasteiger partial charge in [0.15, 0.2) is 0 Å². The average Bonchev–Trinajstić information content (AvgIpc) is 3.34. The van der Waals surface area contributed by atoms with Gasteiger partial charge in [-0.05, 0) is 30.7 Å². The van der Waals surface area contributed by atoms with Crippen molar-refractivity contribution in [1.82, 2.24) is 10.3 Å². The number of methoxy groups -OCH3 is 1. The van der Waals surface area contributed by atoms with Crippen molar-refractivity contribution in [2.75, 3.05) is 13.7 Å². The van der Waals surface area contributed by atoms with E-state index in [1.54, 1.807) is 12.1 Å². The molecule has 0 saturated heterocycles. The summed E-state index contributed by atoms with van der Waals surface area (Å²) < 4.78 is 10.3. The Balaban J connectivity index is 2.00. The molecular formula is C16H22N2O4. The minimum atomic E-state index is -0.679. The molecule has 1 N–H and O–H groups in total. The van der Waals surface area contributed by atoms with Crippen LogP contribution in [0.2, 0.25) is 0 Å². The first-order chi connectivity index (χ1) is 10.5. The highest BCUT2D eigenvalue weighted by molar-refractivity contribution is 5.97. The number of esters is 1. The summed E-state index contributed by atoms with van der Waals surface area (Å²) in [6.45, 7) is 4.33. The van der Waals surface area contributed by atoms with E-state index >= 15 is 0 Å². The van der Waals surface area contributed by atoms with E-state index in [2.05, 4.69) is 10.3 Å². The normalized spacial score (nSPS) is 15.3. The molecule has 120 valence electrons. The zero-order chi connectivity index (χ0) is 16.1. The van der Waals surface area contributed by atoms with Gasteiger partial charge in [-0.1, -0.05) is 13.8 Å². The first-order valence-corrected chi connectivity index (χ1v) is 7.48. The lowest BCUT2D eigenvalue weighted by Gasteiger charge is -2.19. The number of carbonyl (C=O) groups is 2. The fourth-order valence-electron chi connectivity index (χ4n) is 1.97. The van der Waals surface area contributed by atoms with Crippen LogP contribution in [-0.4, -0.2) is 36.6 Å². The number of hydrogen-bond donors (Lipinski definition) is 1. The molecule has 1 heterocycles. The quantitative estimate of drug-likeness (QED) is 0.777. The Morgan fingerprint density at radius 2 is 2.14 bits per heavy atom. The molecule has 0 aliphatic heterocycles. The Morgan fingerprint density at radius 1 is 1.41 bits per heavy atom. The van der Waals surface area contributed by atoms with Crippen LogP contribution in [0, 0.1) is 11.8 Å². The third kappa shape index (κ3) is 4.44. The summed E-state index contributed by atoms with van der Waals surface area (Å²) in [7, 11) is 1.31. The standard InChI is InChI=1S/C16H22N2O4/c1-10(2)14(16(20)21-3)18-15(19)12-6-7-17-13(8-12)22-9-11-4-5-11/h6-8,10-11,14H,4-5,9H2,1-3H3,(H,18,19)/t14-/m0/s1. The first-order valence-electron chi connectivity index (χ1n) is 7.48. The molecule has 1 amide bonds. The zero-order valence-electron chi connectivity index (χ0n) is 13.2. The van der Waals surface area contributed by atoms with Gasteiger partial charge in [-0.25, -0.2) is 9.78 Å². The van der Waals surface area contributed by atoms with E-state index in [9.17, 15) is 9.59 Å². The van der Waals surface area contributed by atoms with Crippen LogP contribution in [0.5, 0.6) is 5.88 Å². The molecule has 1 saturated carbocycles. The van der Waals surface area contributed by atoms with Crippen molar-refractivity contribution in [3.05, 3.63) is 23.9 Å². The van der Waals surface area contributed by atoms with Gasteiger partial charge in [0.25, 0.3) is 5.91 Å². The van der Waals surface area contributed by atoms with Gasteiger partial charge in [0.1, 0.15) is 6.04 Å². The van der Waals surface area contributed by atoms with Crippen LogP contribution in [0.25, 0.3) is 0 Å². The van der Waals surface area contributed by atoms with Crippen LogP contribution in [0.4, 0.5) is 0 Å². The molecule has 22 heavy (non-hydrogen) atoms. The molecular weight excluding hydrogens is 284 g/mol. The zero-order valence-corrected chi connectivity index (χ0v) is 13.2. The lowest BCUT2D eigenvalue weighted by Crippen LogP contribution is -2.45. The molecule has 0 unspecified atom stereocenters. The van der Waals surface area contributed by atoms with Gasteiger partial charge in [0.05, 0.1) is 13.7 Å². The van der Waals surface area contributed by atoms with E-state index < -0.39 is 12.0 Å². The second kappa shape index (κ2) is 7.24. The highest BCUT2D eigenvalue weighted by atomic mass is 16.5. The second-order valence-corrected chi connectivity index (χ2v) is 5.86. The maximum atomic E-state index is 12.3. The number of aromatic nitrogens is 1. The second-order valence-electron chi connectivity index (χ2n) is 5.86. The summed E-state index contributed by atoms with van der Waals surface area (Å²) >= 11 is 0. The van der Waals surface area contributed by atoms with Crippen LogP contribution in [0.3, 0.4) is 0 Å². The van der Waals surface area contributed by atoms with Crippen molar-refractivity contribution in [1.29, 1.82) is 0 Å². The highest BCUT2D eigenvalue weighted by Crippen LogP contribution is 2.29.